The van der Waals surface area contributed by atoms with Gasteiger partial charge in [0.2, 0.25) is 0 Å². The van der Waals surface area contributed by atoms with Crippen LogP contribution in [0.4, 0.5) is 25.1 Å². The van der Waals surface area contributed by atoms with Gasteiger partial charge in [-0.15, -0.1) is 0 Å². The summed E-state index contributed by atoms with van der Waals surface area (Å²) in [7, 11) is 0. The van der Waals surface area contributed by atoms with Gasteiger partial charge in [-0.25, -0.2) is 13.6 Å². The van der Waals surface area contributed by atoms with E-state index in [1.165, 1.54) is 0 Å². The third-order valence-corrected chi connectivity index (χ3v) is 5.68. The fraction of sp³-hybridized carbons (Fsp3) is 0.524. The number of hydrogen-bond donors (Lipinski definition) is 3. The van der Waals surface area contributed by atoms with Crippen LogP contribution >= 0.6 is 0 Å². The molecule has 4 N–H and O–H groups in total. The van der Waals surface area contributed by atoms with Gasteiger partial charge in [0, 0.05) is 44.4 Å². The smallest absolute Gasteiger partial charge is 0.410 e. The third kappa shape index (κ3) is 4.57. The number of likely N-dealkylation sites (tertiary alicyclic amines) is 1. The average molecular weight is 450 g/mol. The molecule has 3 heterocycles. The summed E-state index contributed by atoms with van der Waals surface area (Å²) < 4.78 is 34.5. The Balaban J connectivity index is 1.29. The molecule has 0 unspecified atom stereocenters. The van der Waals surface area contributed by atoms with Crippen molar-refractivity contribution in [3.05, 3.63) is 29.5 Å². The number of nitrogens with two attached hydrogens (primary N) is 1. The standard InChI is InChI=1S/C21H28F2N6O3/c1-12(2)31-21(30)29-9-5-14(6-10-29)32-27-13-3-7-28(8-4-13)16-11-15(22)17-19(18(16)23)25-26-20(17)24/h3,11-12,14,27H,4-10H2,1-2H3,(H3,24,25,26). The number of nitrogen functional groups attached to an aromatic ring is 1. The summed E-state index contributed by atoms with van der Waals surface area (Å²) in [6, 6.07) is 1.16. The van der Waals surface area contributed by atoms with Gasteiger partial charge in [-0.1, -0.05) is 0 Å². The van der Waals surface area contributed by atoms with Crippen molar-refractivity contribution in [3.63, 3.8) is 0 Å². The summed E-state index contributed by atoms with van der Waals surface area (Å²) in [6.07, 6.45) is 3.44. The lowest BCUT2D eigenvalue weighted by atomic mass is 10.1. The largest absolute Gasteiger partial charge is 0.447 e. The summed E-state index contributed by atoms with van der Waals surface area (Å²) in [5.41, 5.74) is 9.62. The van der Waals surface area contributed by atoms with Crippen LogP contribution in [0.25, 0.3) is 10.9 Å². The number of piperidine rings is 1. The van der Waals surface area contributed by atoms with Crippen LogP contribution in [-0.2, 0) is 9.57 Å². The van der Waals surface area contributed by atoms with E-state index in [0.29, 0.717) is 45.4 Å². The first-order valence-corrected chi connectivity index (χ1v) is 10.8. The summed E-state index contributed by atoms with van der Waals surface area (Å²) in [6.45, 7) is 5.70. The van der Waals surface area contributed by atoms with Crippen LogP contribution in [0, 0.1) is 11.6 Å². The van der Waals surface area contributed by atoms with Crippen LogP contribution < -0.4 is 16.1 Å². The van der Waals surface area contributed by atoms with E-state index in [9.17, 15) is 13.6 Å². The first-order valence-electron chi connectivity index (χ1n) is 10.8. The number of anilines is 2. The Morgan fingerprint density at radius 2 is 2.06 bits per heavy atom. The van der Waals surface area contributed by atoms with Gasteiger partial charge >= 0.3 is 6.09 Å². The van der Waals surface area contributed by atoms with E-state index < -0.39 is 11.6 Å². The lowest BCUT2D eigenvalue weighted by Gasteiger charge is -2.33. The molecule has 4 rings (SSSR count). The first-order chi connectivity index (χ1) is 15.3. The van der Waals surface area contributed by atoms with Gasteiger partial charge in [-0.2, -0.15) is 5.10 Å². The second-order valence-electron chi connectivity index (χ2n) is 8.31. The molecule has 2 aliphatic heterocycles. The summed E-state index contributed by atoms with van der Waals surface area (Å²) >= 11 is 0. The zero-order chi connectivity index (χ0) is 22.8. The van der Waals surface area contributed by atoms with E-state index in [4.69, 9.17) is 15.3 Å². The van der Waals surface area contributed by atoms with E-state index in [1.54, 1.807) is 9.80 Å². The number of H-pyrrole nitrogens is 1. The number of amides is 1. The molecule has 2 aliphatic rings. The number of rotatable bonds is 5. The second kappa shape index (κ2) is 9.19. The maximum atomic E-state index is 14.9. The second-order valence-corrected chi connectivity index (χ2v) is 8.31. The van der Waals surface area contributed by atoms with Gasteiger partial charge in [-0.3, -0.25) is 15.4 Å². The molecule has 1 aromatic heterocycles. The quantitative estimate of drug-likeness (QED) is 0.601. The SMILES string of the molecule is CC(C)OC(=O)N1CCC(ONC2=CCN(c3cc(F)c4c(N)n[nH]c4c3F)CC2)CC1. The minimum Gasteiger partial charge on any atom is -0.447 e. The average Bonchev–Trinajstić information content (AvgIpc) is 3.17. The van der Waals surface area contributed by atoms with Crippen LogP contribution in [0.5, 0.6) is 0 Å². The highest BCUT2D eigenvalue weighted by Crippen LogP contribution is 2.32. The molecule has 9 nitrogen and oxygen atoms in total. The fourth-order valence-electron chi connectivity index (χ4n) is 3.94. The molecule has 1 aromatic carbocycles. The number of ether oxygens (including phenoxy) is 1. The molecule has 0 saturated carbocycles. The Labute approximate surface area is 184 Å². The molecular weight excluding hydrogens is 422 g/mol. The number of aromatic nitrogens is 2. The van der Waals surface area contributed by atoms with Crippen molar-refractivity contribution in [1.29, 1.82) is 0 Å². The maximum absolute atomic E-state index is 14.9. The lowest BCUT2D eigenvalue weighted by Crippen LogP contribution is -2.43. The Hall–Kier alpha value is -3.08. The molecule has 0 aliphatic carbocycles. The number of fused-ring (bicyclic) bond motifs is 1. The predicted molar refractivity (Wildman–Crippen MR) is 116 cm³/mol. The zero-order valence-corrected chi connectivity index (χ0v) is 18.2. The van der Waals surface area contributed by atoms with Gasteiger partial charge in [-0.05, 0) is 32.8 Å². The van der Waals surface area contributed by atoms with Crippen LogP contribution in [-0.4, -0.2) is 59.6 Å². The van der Waals surface area contributed by atoms with Gasteiger partial charge in [0.25, 0.3) is 0 Å². The van der Waals surface area contributed by atoms with Crippen LogP contribution in [0.1, 0.15) is 33.1 Å². The van der Waals surface area contributed by atoms with Crippen LogP contribution in [0.3, 0.4) is 0 Å². The number of hydrogen-bond acceptors (Lipinski definition) is 7. The number of benzene rings is 1. The third-order valence-electron chi connectivity index (χ3n) is 5.68. The number of nitrogens with zero attached hydrogens (tertiary/aromatic N) is 3. The molecule has 0 bridgehead atoms. The normalized spacial score (nSPS) is 17.7. The highest BCUT2D eigenvalue weighted by molar-refractivity contribution is 5.92. The van der Waals surface area contributed by atoms with Crippen molar-refractivity contribution >= 4 is 28.5 Å². The fourth-order valence-corrected chi connectivity index (χ4v) is 3.94. The summed E-state index contributed by atoms with van der Waals surface area (Å²) in [4.78, 5) is 21.2. The molecule has 1 saturated heterocycles. The van der Waals surface area contributed by atoms with Gasteiger partial charge in [0.15, 0.2) is 11.6 Å². The molecule has 0 atom stereocenters. The molecule has 0 radical (unpaired) electrons. The number of carbonyl (C=O) groups is 1. The highest BCUT2D eigenvalue weighted by atomic mass is 19.1. The first kappa shape index (κ1) is 22.1. The number of aromatic amines is 1. The molecule has 174 valence electrons. The predicted octanol–water partition coefficient (Wildman–Crippen LogP) is 3.05. The molecule has 32 heavy (non-hydrogen) atoms. The van der Waals surface area contributed by atoms with Crippen LogP contribution in [0.15, 0.2) is 17.8 Å². The number of carbonyl (C=O) groups excluding carboxylic acids is 1. The van der Waals surface area contributed by atoms with Crippen molar-refractivity contribution in [2.24, 2.45) is 0 Å². The lowest BCUT2D eigenvalue weighted by molar-refractivity contribution is -0.0415. The Kier molecular flexibility index (Phi) is 6.35. The summed E-state index contributed by atoms with van der Waals surface area (Å²) in [5.74, 6) is -1.25. The Morgan fingerprint density at radius 3 is 2.72 bits per heavy atom. The zero-order valence-electron chi connectivity index (χ0n) is 18.2. The molecular formula is C21H28F2N6O3. The number of hydroxylamine groups is 1. The van der Waals surface area contributed by atoms with Crippen molar-refractivity contribution < 1.29 is 23.1 Å². The van der Waals surface area contributed by atoms with E-state index in [1.807, 2.05) is 19.9 Å². The highest BCUT2D eigenvalue weighted by Gasteiger charge is 2.26. The Morgan fingerprint density at radius 1 is 1.31 bits per heavy atom. The molecule has 1 amide bonds. The van der Waals surface area contributed by atoms with Crippen molar-refractivity contribution in [1.82, 2.24) is 20.6 Å². The van der Waals surface area contributed by atoms with Crippen LogP contribution in [0.2, 0.25) is 0 Å². The van der Waals surface area contributed by atoms with Crippen molar-refractivity contribution in [2.45, 2.75) is 45.3 Å². The van der Waals surface area contributed by atoms with E-state index >= 15 is 0 Å². The minimum atomic E-state index is -0.609. The number of halogens is 2. The van der Waals surface area contributed by atoms with Gasteiger partial charge in [0.05, 0.1) is 23.3 Å². The Bertz CT molecular complexity index is 1020. The minimum absolute atomic E-state index is 0.0168. The van der Waals surface area contributed by atoms with Gasteiger partial charge < -0.3 is 20.3 Å². The van der Waals surface area contributed by atoms with E-state index in [0.717, 1.165) is 11.8 Å². The number of nitrogens with one attached hydrogen (secondary N) is 2. The van der Waals surface area contributed by atoms with Crippen molar-refractivity contribution in [2.75, 3.05) is 36.8 Å². The monoisotopic (exact) mass is 450 g/mol. The van der Waals surface area contributed by atoms with Crippen molar-refractivity contribution in [3.8, 4) is 0 Å². The van der Waals surface area contributed by atoms with E-state index in [2.05, 4.69) is 15.7 Å². The topological polar surface area (TPSA) is 109 Å². The summed E-state index contributed by atoms with van der Waals surface area (Å²) in [5, 5.41) is 6.13. The molecule has 1 fully saturated rings. The maximum Gasteiger partial charge on any atom is 0.410 e. The molecule has 11 heteroatoms. The van der Waals surface area contributed by atoms with Gasteiger partial charge in [0.1, 0.15) is 11.3 Å². The van der Waals surface area contributed by atoms with E-state index in [-0.39, 0.29) is 40.7 Å². The molecule has 2 aromatic rings. The molecule has 0 spiro atoms.